The highest BCUT2D eigenvalue weighted by molar-refractivity contribution is 7.80. The predicted octanol–water partition coefficient (Wildman–Crippen LogP) is 3.38. The Morgan fingerprint density at radius 1 is 1.33 bits per heavy atom. The fourth-order valence-electron chi connectivity index (χ4n) is 2.16. The van der Waals surface area contributed by atoms with Crippen LogP contribution in [0.3, 0.4) is 0 Å². The molecule has 0 spiro atoms. The Kier molecular flexibility index (Phi) is 3.66. The van der Waals surface area contributed by atoms with Gasteiger partial charge in [-0.2, -0.15) is 0 Å². The molecule has 0 aliphatic carbocycles. The number of likely N-dealkylation sites (tertiary alicyclic amines) is 1. The van der Waals surface area contributed by atoms with Crippen molar-refractivity contribution in [1.29, 1.82) is 0 Å². The Bertz CT molecular complexity index is 463. The van der Waals surface area contributed by atoms with Gasteiger partial charge in [0.15, 0.2) is 0 Å². The van der Waals surface area contributed by atoms with Crippen molar-refractivity contribution in [2.45, 2.75) is 31.6 Å². The zero-order valence-corrected chi connectivity index (χ0v) is 11.6. The fourth-order valence-corrected chi connectivity index (χ4v) is 2.37. The summed E-state index contributed by atoms with van der Waals surface area (Å²) in [6.07, 6.45) is 1.92. The van der Waals surface area contributed by atoms with Crippen LogP contribution in [-0.4, -0.2) is 23.9 Å². The van der Waals surface area contributed by atoms with E-state index in [1.165, 1.54) is 12.1 Å². The summed E-state index contributed by atoms with van der Waals surface area (Å²) < 4.78 is 13.6. The Morgan fingerprint density at radius 2 is 1.94 bits per heavy atom. The summed E-state index contributed by atoms with van der Waals surface area (Å²) in [4.78, 5) is 14.6. The van der Waals surface area contributed by atoms with E-state index in [1.54, 1.807) is 11.0 Å². The molecule has 1 aliphatic rings. The number of nitrogens with zero attached hydrogens (tertiary/aromatic N) is 1. The van der Waals surface area contributed by atoms with Gasteiger partial charge in [0.25, 0.3) is 5.91 Å². The molecule has 1 saturated heterocycles. The van der Waals surface area contributed by atoms with Crippen LogP contribution in [0.5, 0.6) is 0 Å². The standard InChI is InChI=1S/C14H18FNOS/c1-14(2)5-7-16(8-6-14)13(17)11-9-10(18)3-4-12(11)15/h3-4,9,18H,5-8H2,1-2H3. The van der Waals surface area contributed by atoms with E-state index < -0.39 is 5.82 Å². The van der Waals surface area contributed by atoms with Crippen LogP contribution in [0.4, 0.5) is 4.39 Å². The number of piperidine rings is 1. The van der Waals surface area contributed by atoms with Gasteiger partial charge in [-0.05, 0) is 36.5 Å². The van der Waals surface area contributed by atoms with E-state index in [2.05, 4.69) is 26.5 Å². The number of benzene rings is 1. The molecule has 1 aliphatic heterocycles. The molecule has 18 heavy (non-hydrogen) atoms. The third kappa shape index (κ3) is 2.86. The second-order valence-electron chi connectivity index (χ2n) is 5.62. The molecule has 1 aromatic carbocycles. The van der Waals surface area contributed by atoms with E-state index in [1.807, 2.05) is 0 Å². The average molecular weight is 267 g/mol. The number of carbonyl (C=O) groups is 1. The lowest BCUT2D eigenvalue weighted by atomic mass is 9.82. The van der Waals surface area contributed by atoms with Crippen LogP contribution in [0.2, 0.25) is 0 Å². The molecular formula is C14H18FNOS. The Hall–Kier alpha value is -1.03. The number of carbonyl (C=O) groups excluding carboxylic acids is 1. The summed E-state index contributed by atoms with van der Waals surface area (Å²) in [5, 5.41) is 0. The predicted molar refractivity (Wildman–Crippen MR) is 72.6 cm³/mol. The van der Waals surface area contributed by atoms with Gasteiger partial charge in [-0.15, -0.1) is 12.6 Å². The molecular weight excluding hydrogens is 249 g/mol. The molecule has 0 bridgehead atoms. The molecule has 0 unspecified atom stereocenters. The summed E-state index contributed by atoms with van der Waals surface area (Å²) in [7, 11) is 0. The molecule has 4 heteroatoms. The molecule has 98 valence electrons. The first-order valence-corrected chi connectivity index (χ1v) is 6.62. The number of halogens is 1. The van der Waals surface area contributed by atoms with E-state index in [0.717, 1.165) is 12.8 Å². The fraction of sp³-hybridized carbons (Fsp3) is 0.500. The molecule has 0 saturated carbocycles. The van der Waals surface area contributed by atoms with Crippen molar-refractivity contribution in [1.82, 2.24) is 4.90 Å². The minimum Gasteiger partial charge on any atom is -0.339 e. The third-order valence-corrected chi connectivity index (χ3v) is 3.86. The van der Waals surface area contributed by atoms with Crippen molar-refractivity contribution in [3.8, 4) is 0 Å². The Balaban J connectivity index is 2.15. The maximum atomic E-state index is 13.6. The zero-order chi connectivity index (χ0) is 13.3. The highest BCUT2D eigenvalue weighted by atomic mass is 32.1. The van der Waals surface area contributed by atoms with Gasteiger partial charge in [0.1, 0.15) is 5.82 Å². The zero-order valence-electron chi connectivity index (χ0n) is 10.7. The Labute approximate surface area is 113 Å². The SMILES string of the molecule is CC1(C)CCN(C(=O)c2cc(S)ccc2F)CC1. The first-order valence-electron chi connectivity index (χ1n) is 6.17. The van der Waals surface area contributed by atoms with Crippen LogP contribution >= 0.6 is 12.6 Å². The molecule has 2 nitrogen and oxygen atoms in total. The summed E-state index contributed by atoms with van der Waals surface area (Å²) in [5.41, 5.74) is 0.406. The van der Waals surface area contributed by atoms with Crippen LogP contribution in [0.15, 0.2) is 23.1 Å². The molecule has 1 fully saturated rings. The van der Waals surface area contributed by atoms with Crippen LogP contribution in [0.25, 0.3) is 0 Å². The summed E-state index contributed by atoms with van der Waals surface area (Å²) in [6.45, 7) is 5.79. The third-order valence-electron chi connectivity index (χ3n) is 3.58. The van der Waals surface area contributed by atoms with E-state index in [-0.39, 0.29) is 16.9 Å². The van der Waals surface area contributed by atoms with Gasteiger partial charge >= 0.3 is 0 Å². The van der Waals surface area contributed by atoms with Crippen molar-refractivity contribution in [2.75, 3.05) is 13.1 Å². The number of rotatable bonds is 1. The van der Waals surface area contributed by atoms with Gasteiger partial charge in [-0.3, -0.25) is 4.79 Å². The van der Waals surface area contributed by atoms with E-state index >= 15 is 0 Å². The average Bonchev–Trinajstić information content (AvgIpc) is 2.31. The molecule has 1 heterocycles. The van der Waals surface area contributed by atoms with Crippen molar-refractivity contribution in [2.24, 2.45) is 5.41 Å². The van der Waals surface area contributed by atoms with Crippen molar-refractivity contribution in [3.05, 3.63) is 29.6 Å². The van der Waals surface area contributed by atoms with Gasteiger partial charge in [-0.1, -0.05) is 13.8 Å². The van der Waals surface area contributed by atoms with Crippen LogP contribution < -0.4 is 0 Å². The van der Waals surface area contributed by atoms with Gasteiger partial charge in [-0.25, -0.2) is 4.39 Å². The van der Waals surface area contributed by atoms with Gasteiger partial charge in [0.2, 0.25) is 0 Å². The highest BCUT2D eigenvalue weighted by Gasteiger charge is 2.29. The quantitative estimate of drug-likeness (QED) is 0.773. The Morgan fingerprint density at radius 3 is 2.56 bits per heavy atom. The summed E-state index contributed by atoms with van der Waals surface area (Å²) >= 11 is 4.15. The van der Waals surface area contributed by atoms with Crippen molar-refractivity contribution in [3.63, 3.8) is 0 Å². The number of hydrogen-bond donors (Lipinski definition) is 1. The van der Waals surface area contributed by atoms with Crippen LogP contribution in [0.1, 0.15) is 37.0 Å². The lowest BCUT2D eigenvalue weighted by Crippen LogP contribution is -2.41. The van der Waals surface area contributed by atoms with Gasteiger partial charge in [0, 0.05) is 18.0 Å². The summed E-state index contributed by atoms with van der Waals surface area (Å²) in [6, 6.07) is 4.35. The highest BCUT2D eigenvalue weighted by Crippen LogP contribution is 2.30. The number of hydrogen-bond acceptors (Lipinski definition) is 2. The molecule has 0 aromatic heterocycles. The molecule has 1 aromatic rings. The van der Waals surface area contributed by atoms with E-state index in [4.69, 9.17) is 0 Å². The minimum absolute atomic E-state index is 0.127. The molecule has 0 N–H and O–H groups in total. The van der Waals surface area contributed by atoms with Gasteiger partial charge < -0.3 is 4.90 Å². The smallest absolute Gasteiger partial charge is 0.256 e. The number of amides is 1. The molecule has 0 atom stereocenters. The van der Waals surface area contributed by atoms with Crippen molar-refractivity contribution < 1.29 is 9.18 Å². The van der Waals surface area contributed by atoms with E-state index in [0.29, 0.717) is 18.0 Å². The second-order valence-corrected chi connectivity index (χ2v) is 6.14. The first kappa shape index (κ1) is 13.4. The maximum Gasteiger partial charge on any atom is 0.256 e. The van der Waals surface area contributed by atoms with Crippen LogP contribution in [-0.2, 0) is 0 Å². The first-order chi connectivity index (χ1) is 8.39. The topological polar surface area (TPSA) is 20.3 Å². The monoisotopic (exact) mass is 267 g/mol. The molecule has 2 rings (SSSR count). The lowest BCUT2D eigenvalue weighted by molar-refractivity contribution is 0.0625. The molecule has 0 radical (unpaired) electrons. The van der Waals surface area contributed by atoms with E-state index in [9.17, 15) is 9.18 Å². The normalized spacial score (nSPS) is 18.8. The largest absolute Gasteiger partial charge is 0.339 e. The molecule has 1 amide bonds. The second kappa shape index (κ2) is 4.92. The number of thiol groups is 1. The van der Waals surface area contributed by atoms with Crippen LogP contribution in [0, 0.1) is 11.2 Å². The lowest BCUT2D eigenvalue weighted by Gasteiger charge is -2.37. The maximum absolute atomic E-state index is 13.6. The summed E-state index contributed by atoms with van der Waals surface area (Å²) in [5.74, 6) is -0.693. The van der Waals surface area contributed by atoms with Crippen molar-refractivity contribution >= 4 is 18.5 Å². The minimum atomic E-state index is -0.470. The van der Waals surface area contributed by atoms with Gasteiger partial charge in [0.05, 0.1) is 5.56 Å².